The lowest BCUT2D eigenvalue weighted by molar-refractivity contribution is -0.196. The van der Waals surface area contributed by atoms with Crippen LogP contribution in [-0.4, -0.2) is 12.1 Å². The standard InChI is InChI=1S/C8HBr3Cl2F3NO2/c9-1-4(12)2(10)6(3(11)5(1)13)17-19-7(18)8(14,15)16/h17H. The number of hydrogen-bond donors (Lipinski definition) is 1. The highest BCUT2D eigenvalue weighted by molar-refractivity contribution is 9.12. The van der Waals surface area contributed by atoms with E-state index in [0.717, 1.165) is 0 Å². The van der Waals surface area contributed by atoms with Crippen LogP contribution in [0.5, 0.6) is 0 Å². The Morgan fingerprint density at radius 2 is 1.47 bits per heavy atom. The molecule has 0 aliphatic carbocycles. The van der Waals surface area contributed by atoms with Crippen LogP contribution in [0.3, 0.4) is 0 Å². The van der Waals surface area contributed by atoms with Crippen LogP contribution in [0.4, 0.5) is 18.9 Å². The Hall–Kier alpha value is 0.300. The third-order valence-electron chi connectivity index (χ3n) is 1.69. The molecule has 0 aliphatic heterocycles. The van der Waals surface area contributed by atoms with Crippen molar-refractivity contribution in [2.24, 2.45) is 0 Å². The first kappa shape index (κ1) is 17.4. The SMILES string of the molecule is O=C(ONc1c(Br)c(Cl)c(Br)c(Cl)c1Br)C(F)(F)F. The van der Waals surface area contributed by atoms with Crippen molar-refractivity contribution >= 4 is 82.6 Å². The summed E-state index contributed by atoms with van der Waals surface area (Å²) >= 11 is 20.9. The van der Waals surface area contributed by atoms with Gasteiger partial charge >= 0.3 is 12.1 Å². The van der Waals surface area contributed by atoms with Gasteiger partial charge in [0, 0.05) is 0 Å². The molecule has 0 aliphatic rings. The molecule has 11 heteroatoms. The van der Waals surface area contributed by atoms with E-state index >= 15 is 0 Å². The van der Waals surface area contributed by atoms with Gasteiger partial charge in [0.15, 0.2) is 0 Å². The Morgan fingerprint density at radius 1 is 1.05 bits per heavy atom. The number of alkyl halides is 3. The molecule has 1 aromatic rings. The van der Waals surface area contributed by atoms with E-state index in [4.69, 9.17) is 23.2 Å². The Kier molecular flexibility index (Phi) is 5.83. The fraction of sp³-hybridized carbons (Fsp3) is 0.125. The average Bonchev–Trinajstić information content (AvgIpc) is 2.32. The van der Waals surface area contributed by atoms with Gasteiger partial charge in [0.1, 0.15) is 5.69 Å². The molecule has 0 bridgehead atoms. The number of anilines is 1. The molecule has 0 aromatic heterocycles. The molecule has 106 valence electrons. The molecule has 0 amide bonds. The van der Waals surface area contributed by atoms with E-state index in [1.165, 1.54) is 0 Å². The summed E-state index contributed by atoms with van der Waals surface area (Å²) in [6.45, 7) is 0. The van der Waals surface area contributed by atoms with Crippen molar-refractivity contribution in [3.8, 4) is 0 Å². The Morgan fingerprint density at radius 3 is 1.84 bits per heavy atom. The van der Waals surface area contributed by atoms with Crippen molar-refractivity contribution in [3.63, 3.8) is 0 Å². The number of carbonyl (C=O) groups excluding carboxylic acids is 1. The summed E-state index contributed by atoms with van der Waals surface area (Å²) in [6.07, 6.45) is -5.12. The normalized spacial score (nSPS) is 11.4. The number of nitrogens with one attached hydrogen (secondary N) is 1. The van der Waals surface area contributed by atoms with E-state index in [2.05, 4.69) is 52.6 Å². The zero-order chi connectivity index (χ0) is 15.0. The Labute approximate surface area is 140 Å². The van der Waals surface area contributed by atoms with Crippen molar-refractivity contribution in [2.45, 2.75) is 6.18 Å². The molecule has 0 saturated heterocycles. The monoisotopic (exact) mass is 507 g/mol. The van der Waals surface area contributed by atoms with Gasteiger partial charge in [0.2, 0.25) is 0 Å². The summed E-state index contributed by atoms with van der Waals surface area (Å²) in [5.74, 6) is -2.40. The van der Waals surface area contributed by atoms with Gasteiger partial charge in [-0.05, 0) is 47.8 Å². The van der Waals surface area contributed by atoms with Gasteiger partial charge < -0.3 is 4.84 Å². The van der Waals surface area contributed by atoms with E-state index in [0.29, 0.717) is 4.47 Å². The first-order valence-electron chi connectivity index (χ1n) is 4.12. The van der Waals surface area contributed by atoms with Crippen LogP contribution < -0.4 is 5.48 Å². The number of halogens is 8. The lowest BCUT2D eigenvalue weighted by Gasteiger charge is -2.14. The van der Waals surface area contributed by atoms with Crippen molar-refractivity contribution in [1.82, 2.24) is 0 Å². The van der Waals surface area contributed by atoms with Crippen LogP contribution in [0, 0.1) is 0 Å². The second-order valence-electron chi connectivity index (χ2n) is 2.93. The number of benzene rings is 1. The van der Waals surface area contributed by atoms with Crippen LogP contribution in [0.1, 0.15) is 0 Å². The van der Waals surface area contributed by atoms with E-state index in [-0.39, 0.29) is 24.7 Å². The number of carbonyl (C=O) groups is 1. The van der Waals surface area contributed by atoms with Gasteiger partial charge in [-0.15, -0.1) is 0 Å². The van der Waals surface area contributed by atoms with Gasteiger partial charge in [-0.2, -0.15) is 13.2 Å². The van der Waals surface area contributed by atoms with E-state index in [9.17, 15) is 18.0 Å². The second-order valence-corrected chi connectivity index (χ2v) is 6.07. The van der Waals surface area contributed by atoms with Crippen molar-refractivity contribution in [2.75, 3.05) is 5.48 Å². The third kappa shape index (κ3) is 3.90. The predicted molar refractivity (Wildman–Crippen MR) is 75.3 cm³/mol. The number of rotatable bonds is 2. The molecule has 0 unspecified atom stereocenters. The topological polar surface area (TPSA) is 38.3 Å². The van der Waals surface area contributed by atoms with Gasteiger partial charge in [-0.1, -0.05) is 23.2 Å². The van der Waals surface area contributed by atoms with Crippen LogP contribution in [0.15, 0.2) is 13.4 Å². The average molecular weight is 511 g/mol. The summed E-state index contributed by atoms with van der Waals surface area (Å²) in [7, 11) is 0. The Bertz CT molecular complexity index is 510. The summed E-state index contributed by atoms with van der Waals surface area (Å²) in [5.41, 5.74) is 1.78. The largest absolute Gasteiger partial charge is 0.493 e. The molecule has 1 N–H and O–H groups in total. The number of hydrogen-bond acceptors (Lipinski definition) is 3. The highest BCUT2D eigenvalue weighted by Gasteiger charge is 2.42. The Balaban J connectivity index is 3.07. The van der Waals surface area contributed by atoms with E-state index in [1.54, 1.807) is 0 Å². The molecule has 19 heavy (non-hydrogen) atoms. The molecule has 0 fully saturated rings. The highest BCUT2D eigenvalue weighted by atomic mass is 79.9. The van der Waals surface area contributed by atoms with Crippen LogP contribution in [0.2, 0.25) is 10.0 Å². The van der Waals surface area contributed by atoms with E-state index in [1.807, 2.05) is 5.48 Å². The van der Waals surface area contributed by atoms with Gasteiger partial charge in [0.05, 0.1) is 23.5 Å². The van der Waals surface area contributed by atoms with Crippen LogP contribution in [0.25, 0.3) is 0 Å². The fourth-order valence-electron chi connectivity index (χ4n) is 0.850. The molecule has 0 atom stereocenters. The van der Waals surface area contributed by atoms with Gasteiger partial charge in [0.25, 0.3) is 0 Å². The smallest absolute Gasteiger partial charge is 0.335 e. The van der Waals surface area contributed by atoms with Gasteiger partial charge in [-0.25, -0.2) is 10.3 Å². The molecule has 3 nitrogen and oxygen atoms in total. The van der Waals surface area contributed by atoms with Gasteiger partial charge in [-0.3, -0.25) is 0 Å². The van der Waals surface area contributed by atoms with Crippen LogP contribution >= 0.6 is 71.0 Å². The zero-order valence-corrected chi connectivity index (χ0v) is 14.6. The fourth-order valence-corrected chi connectivity index (χ4v) is 3.43. The first-order valence-corrected chi connectivity index (χ1v) is 7.26. The maximum atomic E-state index is 12.0. The highest BCUT2D eigenvalue weighted by Crippen LogP contribution is 2.47. The summed E-state index contributed by atoms with van der Waals surface area (Å²) < 4.78 is 36.6. The first-order chi connectivity index (χ1) is 8.57. The second kappa shape index (κ2) is 6.38. The molecule has 0 heterocycles. The van der Waals surface area contributed by atoms with Crippen LogP contribution in [-0.2, 0) is 9.63 Å². The summed E-state index contributed by atoms with van der Waals surface area (Å²) in [6, 6.07) is 0. The minimum Gasteiger partial charge on any atom is -0.335 e. The predicted octanol–water partition coefficient (Wildman–Crippen LogP) is 5.71. The maximum Gasteiger partial charge on any atom is 0.493 e. The summed E-state index contributed by atoms with van der Waals surface area (Å²) in [4.78, 5) is 14.5. The van der Waals surface area contributed by atoms with Crippen molar-refractivity contribution < 1.29 is 22.8 Å². The molecule has 1 aromatic carbocycles. The molecular formula is C8HBr3Cl2F3NO2. The lowest BCUT2D eigenvalue weighted by Crippen LogP contribution is -2.27. The van der Waals surface area contributed by atoms with Crippen molar-refractivity contribution in [3.05, 3.63) is 23.5 Å². The quantitative estimate of drug-likeness (QED) is 0.315. The minimum atomic E-state index is -5.12. The minimum absolute atomic E-state index is 0.0594. The zero-order valence-electron chi connectivity index (χ0n) is 8.34. The molecule has 1 rings (SSSR count). The molecular weight excluding hydrogens is 510 g/mol. The lowest BCUT2D eigenvalue weighted by atomic mass is 10.3. The molecule has 0 spiro atoms. The van der Waals surface area contributed by atoms with Crippen molar-refractivity contribution in [1.29, 1.82) is 0 Å². The van der Waals surface area contributed by atoms with E-state index < -0.39 is 12.1 Å². The molecule has 0 saturated carbocycles. The third-order valence-corrected chi connectivity index (χ3v) is 5.74. The maximum absolute atomic E-state index is 12.0. The summed E-state index contributed by atoms with van der Waals surface area (Å²) in [5, 5.41) is 0.192. The molecule has 0 radical (unpaired) electrons.